The number of esters is 1. The summed E-state index contributed by atoms with van der Waals surface area (Å²) < 4.78 is 6.59. The first-order valence-electron chi connectivity index (χ1n) is 5.83. The lowest BCUT2D eigenvalue weighted by Gasteiger charge is -2.07. The largest absolute Gasteiger partial charge is 0.465 e. The topological polar surface area (TPSA) is 77.4 Å². The zero-order valence-corrected chi connectivity index (χ0v) is 13.4. The van der Waals surface area contributed by atoms with Gasteiger partial charge in [-0.1, -0.05) is 0 Å². The fraction of sp³-hybridized carbons (Fsp3) is 0.154. The Hall–Kier alpha value is -1.93. The maximum Gasteiger partial charge on any atom is 0.350 e. The summed E-state index contributed by atoms with van der Waals surface area (Å²) in [6.45, 7) is -0.144. The quantitative estimate of drug-likeness (QED) is 0.835. The molecule has 0 aliphatic rings. The third-order valence-electron chi connectivity index (χ3n) is 2.57. The summed E-state index contributed by atoms with van der Waals surface area (Å²) in [6.07, 6.45) is 1.52. The second-order valence-electron chi connectivity index (χ2n) is 4.02. The molecule has 2 rings (SSSR count). The van der Waals surface area contributed by atoms with E-state index in [-0.39, 0.29) is 12.1 Å². The van der Waals surface area contributed by atoms with Gasteiger partial charge >= 0.3 is 5.97 Å². The van der Waals surface area contributed by atoms with Gasteiger partial charge in [-0.3, -0.25) is 9.59 Å². The van der Waals surface area contributed by atoms with Gasteiger partial charge in [0.25, 0.3) is 5.56 Å². The number of halogens is 1. The van der Waals surface area contributed by atoms with E-state index in [1.54, 1.807) is 17.5 Å². The molecule has 2 heterocycles. The van der Waals surface area contributed by atoms with E-state index in [1.807, 2.05) is 0 Å². The van der Waals surface area contributed by atoms with Gasteiger partial charge in [0.2, 0.25) is 5.91 Å². The van der Waals surface area contributed by atoms with Crippen LogP contribution in [0.4, 0.5) is 5.69 Å². The minimum absolute atomic E-state index is 0.144. The highest BCUT2D eigenvalue weighted by Gasteiger charge is 2.15. The number of hydrogen-bond donors (Lipinski definition) is 1. The molecule has 21 heavy (non-hydrogen) atoms. The zero-order valence-electron chi connectivity index (χ0n) is 11.0. The number of nitrogens with zero attached hydrogens (tertiary/aromatic N) is 1. The van der Waals surface area contributed by atoms with E-state index >= 15 is 0 Å². The predicted molar refractivity (Wildman–Crippen MR) is 82.7 cm³/mol. The summed E-state index contributed by atoms with van der Waals surface area (Å²) in [5, 5.41) is 4.27. The molecule has 1 amide bonds. The molecule has 2 aromatic rings. The molecule has 8 heteroatoms. The average Bonchev–Trinajstić information content (AvgIpc) is 2.90. The minimum atomic E-state index is -0.514. The molecule has 0 saturated carbocycles. The Bertz CT molecular complexity index is 738. The number of pyridine rings is 1. The smallest absolute Gasteiger partial charge is 0.350 e. The summed E-state index contributed by atoms with van der Waals surface area (Å²) in [7, 11) is 1.27. The lowest BCUT2D eigenvalue weighted by molar-refractivity contribution is -0.116. The Morgan fingerprint density at radius 1 is 1.38 bits per heavy atom. The van der Waals surface area contributed by atoms with E-state index in [0.29, 0.717) is 15.0 Å². The van der Waals surface area contributed by atoms with Crippen LogP contribution in [-0.2, 0) is 16.1 Å². The third kappa shape index (κ3) is 3.79. The standard InChI is InChI=1S/C13H11BrN2O4S/c1-20-13(19)12-9(4-5-21-12)15-10(17)7-16-6-8(14)2-3-11(16)18/h2-6H,7H2,1H3,(H,15,17). The van der Waals surface area contributed by atoms with E-state index < -0.39 is 11.9 Å². The summed E-state index contributed by atoms with van der Waals surface area (Å²) in [4.78, 5) is 35.4. The lowest BCUT2D eigenvalue weighted by atomic mass is 10.3. The number of rotatable bonds is 4. The van der Waals surface area contributed by atoms with Gasteiger partial charge in [0.1, 0.15) is 11.4 Å². The molecule has 0 aliphatic carbocycles. The summed E-state index contributed by atoms with van der Waals surface area (Å²) in [6, 6.07) is 4.57. The van der Waals surface area contributed by atoms with Crippen LogP contribution in [0.15, 0.2) is 39.0 Å². The Labute approximate surface area is 132 Å². The lowest BCUT2D eigenvalue weighted by Crippen LogP contribution is -2.27. The molecule has 0 saturated heterocycles. The number of amides is 1. The van der Waals surface area contributed by atoms with Crippen LogP contribution in [-0.4, -0.2) is 23.6 Å². The SMILES string of the molecule is COC(=O)c1sccc1NC(=O)Cn1cc(Br)ccc1=O. The molecule has 0 fully saturated rings. The number of methoxy groups -OCH3 is 1. The second kappa shape index (κ2) is 6.68. The number of carbonyl (C=O) groups excluding carboxylic acids is 2. The van der Waals surface area contributed by atoms with Gasteiger partial charge in [-0.25, -0.2) is 4.79 Å². The molecule has 0 radical (unpaired) electrons. The summed E-state index contributed by atoms with van der Waals surface area (Å²) in [5.41, 5.74) is 0.0896. The Morgan fingerprint density at radius 3 is 2.86 bits per heavy atom. The highest BCUT2D eigenvalue weighted by molar-refractivity contribution is 9.10. The van der Waals surface area contributed by atoms with Gasteiger partial charge in [0.15, 0.2) is 0 Å². The molecule has 1 N–H and O–H groups in total. The Kier molecular flexibility index (Phi) is 4.92. The van der Waals surface area contributed by atoms with Crippen LogP contribution in [0.1, 0.15) is 9.67 Å². The molecule has 6 nitrogen and oxygen atoms in total. The van der Waals surface area contributed by atoms with Crippen LogP contribution in [0, 0.1) is 0 Å². The molecular formula is C13H11BrN2O4S. The van der Waals surface area contributed by atoms with Gasteiger partial charge < -0.3 is 14.6 Å². The number of carbonyl (C=O) groups is 2. The van der Waals surface area contributed by atoms with Crippen LogP contribution in [0.3, 0.4) is 0 Å². The number of anilines is 1. The van der Waals surface area contributed by atoms with Crippen molar-refractivity contribution in [2.24, 2.45) is 0 Å². The Morgan fingerprint density at radius 2 is 2.14 bits per heavy atom. The van der Waals surface area contributed by atoms with Crippen LogP contribution in [0.25, 0.3) is 0 Å². The van der Waals surface area contributed by atoms with Crippen molar-refractivity contribution in [2.75, 3.05) is 12.4 Å². The van der Waals surface area contributed by atoms with Crippen molar-refractivity contribution in [3.8, 4) is 0 Å². The molecule has 0 unspecified atom stereocenters. The van der Waals surface area contributed by atoms with Gasteiger partial charge in [0, 0.05) is 16.7 Å². The number of ether oxygens (including phenoxy) is 1. The predicted octanol–water partition coefficient (Wildman–Crippen LogP) is 2.10. The minimum Gasteiger partial charge on any atom is -0.465 e. The van der Waals surface area contributed by atoms with E-state index in [4.69, 9.17) is 0 Å². The first-order valence-corrected chi connectivity index (χ1v) is 7.50. The summed E-state index contributed by atoms with van der Waals surface area (Å²) in [5.74, 6) is -0.918. The van der Waals surface area contributed by atoms with E-state index in [0.717, 1.165) is 0 Å². The Balaban J connectivity index is 2.12. The van der Waals surface area contributed by atoms with Crippen LogP contribution >= 0.6 is 27.3 Å². The molecule has 0 spiro atoms. The van der Waals surface area contributed by atoms with Crippen molar-refractivity contribution in [3.05, 3.63) is 49.5 Å². The molecule has 110 valence electrons. The van der Waals surface area contributed by atoms with Crippen molar-refractivity contribution < 1.29 is 14.3 Å². The van der Waals surface area contributed by atoms with Crippen molar-refractivity contribution in [1.82, 2.24) is 4.57 Å². The van der Waals surface area contributed by atoms with Crippen molar-refractivity contribution in [1.29, 1.82) is 0 Å². The molecule has 0 aliphatic heterocycles. The van der Waals surface area contributed by atoms with Gasteiger partial charge in [-0.15, -0.1) is 11.3 Å². The van der Waals surface area contributed by atoms with Gasteiger partial charge in [0.05, 0.1) is 12.8 Å². The molecule has 0 atom stereocenters. The first-order chi connectivity index (χ1) is 10.0. The zero-order chi connectivity index (χ0) is 15.4. The molecule has 0 aromatic carbocycles. The maximum atomic E-state index is 12.0. The van der Waals surface area contributed by atoms with Crippen LogP contribution in [0.5, 0.6) is 0 Å². The molecular weight excluding hydrogens is 360 g/mol. The highest BCUT2D eigenvalue weighted by atomic mass is 79.9. The van der Waals surface area contributed by atoms with Crippen molar-refractivity contribution in [3.63, 3.8) is 0 Å². The normalized spacial score (nSPS) is 10.2. The fourth-order valence-corrected chi connectivity index (χ4v) is 2.77. The van der Waals surface area contributed by atoms with E-state index in [2.05, 4.69) is 26.0 Å². The monoisotopic (exact) mass is 370 g/mol. The summed E-state index contributed by atoms with van der Waals surface area (Å²) >= 11 is 4.41. The number of nitrogens with one attached hydrogen (secondary N) is 1. The van der Waals surface area contributed by atoms with Gasteiger partial charge in [-0.2, -0.15) is 0 Å². The molecule has 0 bridgehead atoms. The number of aromatic nitrogens is 1. The first kappa shape index (κ1) is 15.5. The number of thiophene rings is 1. The average molecular weight is 371 g/mol. The highest BCUT2D eigenvalue weighted by Crippen LogP contribution is 2.23. The van der Waals surface area contributed by atoms with Crippen LogP contribution in [0.2, 0.25) is 0 Å². The molecule has 2 aromatic heterocycles. The maximum absolute atomic E-state index is 12.0. The second-order valence-corrected chi connectivity index (χ2v) is 5.85. The van der Waals surface area contributed by atoms with Crippen LogP contribution < -0.4 is 10.9 Å². The third-order valence-corrected chi connectivity index (χ3v) is 3.93. The fourth-order valence-electron chi connectivity index (χ4n) is 1.63. The van der Waals surface area contributed by atoms with Gasteiger partial charge in [-0.05, 0) is 33.4 Å². The van der Waals surface area contributed by atoms with E-state index in [1.165, 1.54) is 35.3 Å². The van der Waals surface area contributed by atoms with Crippen molar-refractivity contribution in [2.45, 2.75) is 6.54 Å². The van der Waals surface area contributed by atoms with Crippen molar-refractivity contribution >= 4 is 44.8 Å². The number of hydrogen-bond acceptors (Lipinski definition) is 5. The van der Waals surface area contributed by atoms with E-state index in [9.17, 15) is 14.4 Å².